The number of halogens is 1. The first-order valence-electron chi connectivity index (χ1n) is 8.60. The summed E-state index contributed by atoms with van der Waals surface area (Å²) in [6.07, 6.45) is 4.69. The molecule has 6 rings (SSSR count). The Bertz CT molecular complexity index is 918. The number of fused-ring (bicyclic) bond motifs is 3. The maximum absolute atomic E-state index is 13.8. The first-order valence-corrected chi connectivity index (χ1v) is 8.60. The molecule has 3 saturated heterocycles. The molecule has 0 aliphatic carbocycles. The summed E-state index contributed by atoms with van der Waals surface area (Å²) in [6, 6.07) is 11.9. The van der Waals surface area contributed by atoms with Crippen LogP contribution in [0.25, 0.3) is 11.0 Å². The maximum atomic E-state index is 13.8. The van der Waals surface area contributed by atoms with Crippen molar-refractivity contribution in [3.8, 4) is 0 Å². The van der Waals surface area contributed by atoms with Crippen LogP contribution in [0.2, 0.25) is 0 Å². The highest BCUT2D eigenvalue weighted by Crippen LogP contribution is 2.36. The zero-order valence-corrected chi connectivity index (χ0v) is 13.7. The Balaban J connectivity index is 1.33. The van der Waals surface area contributed by atoms with Gasteiger partial charge >= 0.3 is 0 Å². The summed E-state index contributed by atoms with van der Waals surface area (Å²) in [5.41, 5.74) is 2.38. The van der Waals surface area contributed by atoms with Crippen LogP contribution in [-0.4, -0.2) is 45.0 Å². The zero-order valence-electron chi connectivity index (χ0n) is 13.7. The van der Waals surface area contributed by atoms with Gasteiger partial charge in [-0.25, -0.2) is 9.37 Å². The third-order valence-electron chi connectivity index (χ3n) is 5.18. The number of benzene rings is 1. The lowest BCUT2D eigenvalue weighted by molar-refractivity contribution is 0.105. The molecule has 126 valence electrons. The Labute approximate surface area is 145 Å². The summed E-state index contributed by atoms with van der Waals surface area (Å²) in [5.74, 6) is 0.725. The van der Waals surface area contributed by atoms with Crippen LogP contribution in [0.5, 0.6) is 0 Å². The lowest BCUT2D eigenvalue weighted by atomic mass is 9.87. The molecule has 0 amide bonds. The van der Waals surface area contributed by atoms with Gasteiger partial charge in [-0.2, -0.15) is 0 Å². The molecule has 0 spiro atoms. The Kier molecular flexibility index (Phi) is 3.38. The average Bonchev–Trinajstić information content (AvgIpc) is 2.63. The molecule has 2 bridgehead atoms. The van der Waals surface area contributed by atoms with Crippen LogP contribution in [0, 0.1) is 5.82 Å². The predicted octanol–water partition coefficient (Wildman–Crippen LogP) is 2.63. The molecule has 0 N–H and O–H groups in total. The summed E-state index contributed by atoms with van der Waals surface area (Å²) < 4.78 is 13.8. The van der Waals surface area contributed by atoms with Crippen molar-refractivity contribution >= 4 is 16.9 Å². The van der Waals surface area contributed by atoms with Gasteiger partial charge < -0.3 is 4.90 Å². The van der Waals surface area contributed by atoms with Crippen LogP contribution in [0.1, 0.15) is 12.1 Å². The quantitative estimate of drug-likeness (QED) is 0.736. The summed E-state index contributed by atoms with van der Waals surface area (Å²) >= 11 is 0. The number of aromatic nitrogens is 3. The van der Waals surface area contributed by atoms with Gasteiger partial charge in [0.25, 0.3) is 0 Å². The van der Waals surface area contributed by atoms with E-state index >= 15 is 0 Å². The van der Waals surface area contributed by atoms with E-state index in [0.29, 0.717) is 24.3 Å². The Morgan fingerprint density at radius 2 is 1.80 bits per heavy atom. The topological polar surface area (TPSA) is 45.2 Å². The van der Waals surface area contributed by atoms with Gasteiger partial charge in [0.1, 0.15) is 11.6 Å². The van der Waals surface area contributed by atoms with E-state index < -0.39 is 0 Å². The smallest absolute Gasteiger partial charge is 0.148 e. The highest BCUT2D eigenvalue weighted by Gasteiger charge is 2.45. The standard InChI is InChI=1S/C19H18FN5/c20-15-4-3-7-21-18(15)12-24-10-13-8-14(11-24)25(13)19-9-22-16-5-1-2-6-17(16)23-19/h1-7,9,13-14H,8,10-12H2. The van der Waals surface area contributed by atoms with Crippen molar-refractivity contribution in [2.24, 2.45) is 0 Å². The van der Waals surface area contributed by atoms with Crippen LogP contribution in [0.3, 0.4) is 0 Å². The van der Waals surface area contributed by atoms with E-state index in [1.807, 2.05) is 30.5 Å². The number of anilines is 1. The molecule has 0 radical (unpaired) electrons. The van der Waals surface area contributed by atoms with Crippen molar-refractivity contribution in [3.05, 3.63) is 60.3 Å². The number of hydrogen-bond acceptors (Lipinski definition) is 5. The van der Waals surface area contributed by atoms with Gasteiger partial charge in [0.05, 0.1) is 22.9 Å². The second-order valence-electron chi connectivity index (χ2n) is 6.79. The molecule has 0 saturated carbocycles. The number of piperidine rings is 1. The van der Waals surface area contributed by atoms with Gasteiger partial charge in [0.15, 0.2) is 0 Å². The monoisotopic (exact) mass is 335 g/mol. The second-order valence-corrected chi connectivity index (χ2v) is 6.79. The molecule has 2 aromatic heterocycles. The molecule has 2 unspecified atom stereocenters. The number of nitrogens with zero attached hydrogens (tertiary/aromatic N) is 5. The summed E-state index contributed by atoms with van der Waals surface area (Å²) in [7, 11) is 0. The second kappa shape index (κ2) is 5.74. The molecule has 1 aromatic carbocycles. The third-order valence-corrected chi connectivity index (χ3v) is 5.18. The van der Waals surface area contributed by atoms with E-state index in [1.54, 1.807) is 12.3 Å². The van der Waals surface area contributed by atoms with Gasteiger partial charge in [0, 0.05) is 37.9 Å². The first-order chi connectivity index (χ1) is 12.3. The largest absolute Gasteiger partial charge is 0.347 e. The Hall–Kier alpha value is -2.60. The van der Waals surface area contributed by atoms with Gasteiger partial charge in [-0.3, -0.25) is 14.9 Å². The zero-order chi connectivity index (χ0) is 16.8. The van der Waals surface area contributed by atoms with E-state index in [0.717, 1.165) is 36.4 Å². The van der Waals surface area contributed by atoms with Crippen LogP contribution < -0.4 is 4.90 Å². The molecular formula is C19H18FN5. The van der Waals surface area contributed by atoms with Crippen LogP contribution >= 0.6 is 0 Å². The first kappa shape index (κ1) is 14.7. The van der Waals surface area contributed by atoms with E-state index in [1.165, 1.54) is 6.07 Å². The molecule has 3 aliphatic rings. The van der Waals surface area contributed by atoms with E-state index in [2.05, 4.69) is 19.8 Å². The minimum Gasteiger partial charge on any atom is -0.347 e. The fourth-order valence-corrected chi connectivity index (χ4v) is 4.02. The number of rotatable bonds is 3. The number of para-hydroxylation sites is 2. The minimum absolute atomic E-state index is 0.223. The SMILES string of the molecule is Fc1cccnc1CN1CC2CC(C1)N2c1cnc2ccccc2n1. The highest BCUT2D eigenvalue weighted by molar-refractivity contribution is 5.75. The summed E-state index contributed by atoms with van der Waals surface area (Å²) in [4.78, 5) is 18.1. The fraction of sp³-hybridized carbons (Fsp3) is 0.316. The van der Waals surface area contributed by atoms with Crippen molar-refractivity contribution in [1.29, 1.82) is 0 Å². The van der Waals surface area contributed by atoms with Crippen molar-refractivity contribution in [3.63, 3.8) is 0 Å². The van der Waals surface area contributed by atoms with E-state index in [9.17, 15) is 4.39 Å². The third kappa shape index (κ3) is 2.53. The molecule has 3 fully saturated rings. The Morgan fingerprint density at radius 3 is 2.60 bits per heavy atom. The molecular weight excluding hydrogens is 317 g/mol. The number of hydrogen-bond donors (Lipinski definition) is 0. The maximum Gasteiger partial charge on any atom is 0.148 e. The highest BCUT2D eigenvalue weighted by atomic mass is 19.1. The van der Waals surface area contributed by atoms with Crippen molar-refractivity contribution in [2.75, 3.05) is 18.0 Å². The fourth-order valence-electron chi connectivity index (χ4n) is 4.02. The van der Waals surface area contributed by atoms with E-state index in [-0.39, 0.29) is 5.82 Å². The molecule has 3 aromatic rings. The van der Waals surface area contributed by atoms with Gasteiger partial charge in [-0.1, -0.05) is 12.1 Å². The predicted molar refractivity (Wildman–Crippen MR) is 93.7 cm³/mol. The number of piperazine rings is 1. The van der Waals surface area contributed by atoms with Crippen molar-refractivity contribution < 1.29 is 4.39 Å². The van der Waals surface area contributed by atoms with Crippen molar-refractivity contribution in [2.45, 2.75) is 25.0 Å². The Morgan fingerprint density at radius 1 is 1.00 bits per heavy atom. The van der Waals surface area contributed by atoms with Gasteiger partial charge in [0.2, 0.25) is 0 Å². The molecule has 25 heavy (non-hydrogen) atoms. The minimum atomic E-state index is -0.223. The van der Waals surface area contributed by atoms with E-state index in [4.69, 9.17) is 4.98 Å². The summed E-state index contributed by atoms with van der Waals surface area (Å²) in [5, 5.41) is 0. The molecule has 5 heterocycles. The average molecular weight is 335 g/mol. The van der Waals surface area contributed by atoms with Crippen molar-refractivity contribution in [1.82, 2.24) is 19.9 Å². The number of pyridine rings is 1. The lowest BCUT2D eigenvalue weighted by Crippen LogP contribution is -2.69. The molecule has 5 nitrogen and oxygen atoms in total. The van der Waals surface area contributed by atoms with Crippen LogP contribution in [-0.2, 0) is 6.54 Å². The van der Waals surface area contributed by atoms with Crippen LogP contribution in [0.15, 0.2) is 48.8 Å². The summed E-state index contributed by atoms with van der Waals surface area (Å²) in [6.45, 7) is 2.37. The molecule has 3 aliphatic heterocycles. The lowest BCUT2D eigenvalue weighted by Gasteiger charge is -2.56. The van der Waals surface area contributed by atoms with Crippen LogP contribution in [0.4, 0.5) is 10.2 Å². The molecule has 2 atom stereocenters. The molecule has 6 heteroatoms. The van der Waals surface area contributed by atoms with Gasteiger partial charge in [-0.15, -0.1) is 0 Å². The normalized spacial score (nSPS) is 22.8. The van der Waals surface area contributed by atoms with Gasteiger partial charge in [-0.05, 0) is 30.7 Å².